The number of H-pyrrole nitrogens is 1. The number of sulfonamides is 1. The molecule has 4 aromatic rings. The van der Waals surface area contributed by atoms with E-state index in [1.54, 1.807) is 18.2 Å². The Hall–Kier alpha value is -3.75. The lowest BCUT2D eigenvalue weighted by Crippen LogP contribution is -2.35. The Labute approximate surface area is 210 Å². The van der Waals surface area contributed by atoms with Crippen LogP contribution in [0.4, 0.5) is 0 Å². The molecule has 0 amide bonds. The number of fused-ring (bicyclic) bond motifs is 1. The predicted molar refractivity (Wildman–Crippen MR) is 140 cm³/mol. The number of ether oxygens (including phenoxy) is 1. The summed E-state index contributed by atoms with van der Waals surface area (Å²) in [4.78, 5) is 28.2. The second kappa shape index (κ2) is 10.5. The van der Waals surface area contributed by atoms with Crippen molar-refractivity contribution < 1.29 is 17.9 Å². The Bertz CT molecular complexity index is 1580. The number of esters is 1. The highest BCUT2D eigenvalue weighted by Crippen LogP contribution is 2.25. The van der Waals surface area contributed by atoms with E-state index in [-0.39, 0.29) is 29.1 Å². The van der Waals surface area contributed by atoms with Gasteiger partial charge >= 0.3 is 5.97 Å². The summed E-state index contributed by atoms with van der Waals surface area (Å²) in [5.74, 6) is -0.744. The third-order valence-electron chi connectivity index (χ3n) is 6.27. The minimum Gasteiger partial charge on any atom is -0.465 e. The van der Waals surface area contributed by atoms with Crippen LogP contribution in [-0.4, -0.2) is 37.3 Å². The number of benzene rings is 3. The van der Waals surface area contributed by atoms with Crippen molar-refractivity contribution in [2.75, 3.05) is 13.7 Å². The topological polar surface area (TPSA) is 96.5 Å². The quantitative estimate of drug-likeness (QED) is 0.360. The van der Waals surface area contributed by atoms with Gasteiger partial charge < -0.3 is 9.72 Å². The van der Waals surface area contributed by atoms with E-state index in [1.807, 2.05) is 56.3 Å². The average molecular weight is 505 g/mol. The van der Waals surface area contributed by atoms with Gasteiger partial charge in [-0.1, -0.05) is 54.6 Å². The van der Waals surface area contributed by atoms with E-state index < -0.39 is 16.0 Å². The molecule has 7 nitrogen and oxygen atoms in total. The van der Waals surface area contributed by atoms with Gasteiger partial charge in [-0.3, -0.25) is 4.79 Å². The first-order chi connectivity index (χ1) is 17.2. The van der Waals surface area contributed by atoms with Crippen LogP contribution in [-0.2, 0) is 27.7 Å². The lowest BCUT2D eigenvalue weighted by Gasteiger charge is -2.23. The number of rotatable bonds is 8. The van der Waals surface area contributed by atoms with Gasteiger partial charge in [0.1, 0.15) is 0 Å². The third kappa shape index (κ3) is 5.10. The van der Waals surface area contributed by atoms with Gasteiger partial charge in [-0.25, -0.2) is 13.2 Å². The number of pyridine rings is 1. The number of nitrogens with one attached hydrogen (secondary N) is 1. The molecule has 1 N–H and O–H groups in total. The predicted octanol–water partition coefficient (Wildman–Crippen LogP) is 4.37. The molecule has 36 heavy (non-hydrogen) atoms. The zero-order valence-electron chi connectivity index (χ0n) is 20.4. The molecule has 0 atom stereocenters. The monoisotopic (exact) mass is 504 g/mol. The largest absolute Gasteiger partial charge is 0.465 e. The zero-order chi connectivity index (χ0) is 25.9. The Morgan fingerprint density at radius 3 is 2.33 bits per heavy atom. The van der Waals surface area contributed by atoms with Crippen LogP contribution in [0, 0.1) is 13.8 Å². The molecule has 0 spiro atoms. The summed E-state index contributed by atoms with van der Waals surface area (Å²) in [6.45, 7) is 3.83. The van der Waals surface area contributed by atoms with Gasteiger partial charge in [0.05, 0.1) is 23.1 Å². The number of hydrogen-bond donors (Lipinski definition) is 1. The Balaban J connectivity index is 1.80. The number of hydrogen-bond acceptors (Lipinski definition) is 5. The van der Waals surface area contributed by atoms with Crippen molar-refractivity contribution in [2.45, 2.75) is 31.7 Å². The smallest absolute Gasteiger partial charge is 0.339 e. The molecule has 1 heterocycles. The summed E-state index contributed by atoms with van der Waals surface area (Å²) in [6.07, 6.45) is 0.435. The van der Waals surface area contributed by atoms with Gasteiger partial charge in [-0.15, -0.1) is 0 Å². The molecule has 8 heteroatoms. The van der Waals surface area contributed by atoms with E-state index in [9.17, 15) is 18.0 Å². The van der Waals surface area contributed by atoms with Crippen molar-refractivity contribution >= 4 is 26.9 Å². The van der Waals surface area contributed by atoms with Crippen LogP contribution >= 0.6 is 0 Å². The van der Waals surface area contributed by atoms with E-state index >= 15 is 0 Å². The number of carbonyl (C=O) groups is 1. The molecular formula is C28H28N2O5S. The first kappa shape index (κ1) is 25.3. The molecule has 0 aliphatic heterocycles. The summed E-state index contributed by atoms with van der Waals surface area (Å²) >= 11 is 0. The molecule has 0 radical (unpaired) electrons. The van der Waals surface area contributed by atoms with Crippen molar-refractivity contribution in [3.05, 3.63) is 111 Å². The zero-order valence-corrected chi connectivity index (χ0v) is 21.3. The first-order valence-electron chi connectivity index (χ1n) is 11.6. The standard InChI is InChI=1S/C28H28N2O5S/c1-19-13-14-20(2)26-24(19)17-22(27(31)29-26)18-30(16-15-21-9-5-4-6-10-21)36(33,34)25-12-8-7-11-23(25)28(32)35-3/h4-14,17H,15-16,18H2,1-3H3,(H,29,31). The third-order valence-corrected chi connectivity index (χ3v) is 8.17. The fourth-order valence-corrected chi connectivity index (χ4v) is 5.82. The fraction of sp³-hybridized carbons (Fsp3) is 0.214. The number of carbonyl (C=O) groups excluding carboxylic acids is 1. The summed E-state index contributed by atoms with van der Waals surface area (Å²) < 4.78 is 33.9. The van der Waals surface area contributed by atoms with Gasteiger partial charge in [0.25, 0.3) is 5.56 Å². The second-order valence-electron chi connectivity index (χ2n) is 8.67. The van der Waals surface area contributed by atoms with Gasteiger partial charge in [0.15, 0.2) is 0 Å². The van der Waals surface area contributed by atoms with Gasteiger partial charge in [-0.05, 0) is 55.2 Å². The first-order valence-corrected chi connectivity index (χ1v) is 13.0. The number of aryl methyl sites for hydroxylation is 2. The number of aromatic amines is 1. The summed E-state index contributed by atoms with van der Waals surface area (Å²) in [6, 6.07) is 21.1. The van der Waals surface area contributed by atoms with Gasteiger partial charge in [0.2, 0.25) is 10.0 Å². The van der Waals surface area contributed by atoms with Crippen molar-refractivity contribution in [2.24, 2.45) is 0 Å². The SMILES string of the molecule is COC(=O)c1ccccc1S(=O)(=O)N(CCc1ccccc1)Cc1cc2c(C)ccc(C)c2[nH]c1=O. The normalized spacial score (nSPS) is 11.7. The van der Waals surface area contributed by atoms with Crippen LogP contribution in [0.5, 0.6) is 0 Å². The van der Waals surface area contributed by atoms with Crippen LogP contribution in [0.2, 0.25) is 0 Å². The van der Waals surface area contributed by atoms with Crippen molar-refractivity contribution in [3.63, 3.8) is 0 Å². The summed E-state index contributed by atoms with van der Waals surface area (Å²) in [5.41, 5.74) is 3.52. The fourth-order valence-electron chi connectivity index (χ4n) is 4.22. The Kier molecular flexibility index (Phi) is 7.37. The van der Waals surface area contributed by atoms with Crippen molar-refractivity contribution in [3.8, 4) is 0 Å². The van der Waals surface area contributed by atoms with Gasteiger partial charge in [-0.2, -0.15) is 4.31 Å². The van der Waals surface area contributed by atoms with Gasteiger partial charge in [0, 0.05) is 24.0 Å². The molecule has 1 aromatic heterocycles. The average Bonchev–Trinajstić information content (AvgIpc) is 2.89. The Morgan fingerprint density at radius 2 is 1.61 bits per heavy atom. The molecule has 0 saturated heterocycles. The van der Waals surface area contributed by atoms with E-state index in [0.29, 0.717) is 12.0 Å². The van der Waals surface area contributed by atoms with Crippen LogP contribution in [0.25, 0.3) is 10.9 Å². The highest BCUT2D eigenvalue weighted by molar-refractivity contribution is 7.89. The maximum atomic E-state index is 13.9. The molecule has 186 valence electrons. The van der Waals surface area contributed by atoms with Crippen LogP contribution < -0.4 is 5.56 Å². The van der Waals surface area contributed by atoms with E-state index in [4.69, 9.17) is 4.74 Å². The maximum absolute atomic E-state index is 13.9. The molecule has 0 aliphatic rings. The molecule has 0 aliphatic carbocycles. The molecule has 3 aromatic carbocycles. The number of methoxy groups -OCH3 is 1. The molecule has 0 unspecified atom stereocenters. The molecule has 0 saturated carbocycles. The molecule has 0 fully saturated rings. The highest BCUT2D eigenvalue weighted by Gasteiger charge is 2.30. The highest BCUT2D eigenvalue weighted by atomic mass is 32.2. The maximum Gasteiger partial charge on any atom is 0.339 e. The molecule has 4 rings (SSSR count). The van der Waals surface area contributed by atoms with Crippen molar-refractivity contribution in [1.82, 2.24) is 9.29 Å². The summed E-state index contributed by atoms with van der Waals surface area (Å²) in [5, 5.41) is 0.861. The minimum atomic E-state index is -4.16. The van der Waals surface area contributed by atoms with E-state index in [2.05, 4.69) is 4.98 Å². The van der Waals surface area contributed by atoms with Crippen LogP contribution in [0.15, 0.2) is 82.5 Å². The van der Waals surface area contributed by atoms with Crippen LogP contribution in [0.3, 0.4) is 0 Å². The molecular weight excluding hydrogens is 476 g/mol. The lowest BCUT2D eigenvalue weighted by atomic mass is 10.0. The summed E-state index contributed by atoms with van der Waals surface area (Å²) in [7, 11) is -2.96. The second-order valence-corrected chi connectivity index (χ2v) is 10.6. The van der Waals surface area contributed by atoms with E-state index in [1.165, 1.54) is 23.5 Å². The number of aromatic nitrogens is 1. The molecule has 0 bridgehead atoms. The van der Waals surface area contributed by atoms with Crippen molar-refractivity contribution in [1.29, 1.82) is 0 Å². The Morgan fingerprint density at radius 1 is 0.944 bits per heavy atom. The minimum absolute atomic E-state index is 0.0522. The number of nitrogens with zero attached hydrogens (tertiary/aromatic N) is 1. The van der Waals surface area contributed by atoms with E-state index in [0.717, 1.165) is 27.6 Å². The van der Waals surface area contributed by atoms with Crippen LogP contribution in [0.1, 0.15) is 32.6 Å². The lowest BCUT2D eigenvalue weighted by molar-refractivity contribution is 0.0596.